The van der Waals surface area contributed by atoms with Gasteiger partial charge in [-0.2, -0.15) is 0 Å². The van der Waals surface area contributed by atoms with Crippen LogP contribution in [0.4, 0.5) is 0 Å². The number of aliphatic hydroxyl groups is 1. The monoisotopic (exact) mass is 280 g/mol. The molecule has 112 valence electrons. The van der Waals surface area contributed by atoms with Crippen molar-refractivity contribution in [2.24, 2.45) is 10.9 Å². The van der Waals surface area contributed by atoms with Gasteiger partial charge in [0, 0.05) is 12.8 Å². The Kier molecular flexibility index (Phi) is 5.25. The lowest BCUT2D eigenvalue weighted by atomic mass is 10.1. The molecule has 1 amide bonds. The van der Waals surface area contributed by atoms with E-state index in [2.05, 4.69) is 18.2 Å². The molecule has 1 heterocycles. The number of hydrogen-bond acceptors (Lipinski definition) is 4. The Balaban J connectivity index is 3.20. The fourth-order valence-electron chi connectivity index (χ4n) is 2.13. The van der Waals surface area contributed by atoms with Gasteiger partial charge in [0.2, 0.25) is 5.91 Å². The van der Waals surface area contributed by atoms with E-state index in [-0.39, 0.29) is 12.5 Å². The number of aliphatic hydroxyl groups excluding tert-OH is 1. The smallest absolute Gasteiger partial charge is 0.230 e. The van der Waals surface area contributed by atoms with Gasteiger partial charge in [-0.1, -0.05) is 27.0 Å². The molecule has 0 aromatic rings. The molecular weight excluding hydrogens is 256 g/mol. The minimum atomic E-state index is -0.963. The van der Waals surface area contributed by atoms with Crippen LogP contribution in [0.3, 0.4) is 0 Å². The molecule has 0 aliphatic carbocycles. The van der Waals surface area contributed by atoms with Crippen molar-refractivity contribution >= 4 is 11.6 Å². The summed E-state index contributed by atoms with van der Waals surface area (Å²) < 4.78 is 5.55. The van der Waals surface area contributed by atoms with Crippen LogP contribution in [0.2, 0.25) is 0 Å². The second kappa shape index (κ2) is 6.33. The zero-order valence-corrected chi connectivity index (χ0v) is 12.8. The van der Waals surface area contributed by atoms with Crippen molar-refractivity contribution in [2.75, 3.05) is 20.3 Å². The normalized spacial score (nSPS) is 26.1. The van der Waals surface area contributed by atoms with Crippen LogP contribution in [-0.4, -0.2) is 47.6 Å². The Labute approximate surface area is 120 Å². The van der Waals surface area contributed by atoms with E-state index in [4.69, 9.17) is 9.84 Å². The number of aliphatic imine (C=N–C) groups is 1. The van der Waals surface area contributed by atoms with Crippen molar-refractivity contribution in [3.05, 3.63) is 24.4 Å². The van der Waals surface area contributed by atoms with Crippen LogP contribution in [0.5, 0.6) is 0 Å². The quantitative estimate of drug-likeness (QED) is 0.834. The van der Waals surface area contributed by atoms with E-state index in [1.807, 2.05) is 6.92 Å². The predicted molar refractivity (Wildman–Crippen MR) is 79.4 cm³/mol. The predicted octanol–water partition coefficient (Wildman–Crippen LogP) is 1.74. The molecule has 5 nitrogen and oxygen atoms in total. The largest absolute Gasteiger partial charge is 0.396 e. The molecule has 0 aromatic carbocycles. The average Bonchev–Trinajstić information content (AvgIpc) is 2.70. The molecule has 0 saturated carbocycles. The highest BCUT2D eigenvalue weighted by atomic mass is 16.5. The summed E-state index contributed by atoms with van der Waals surface area (Å²) in [6.45, 7) is 13.4. The third-order valence-corrected chi connectivity index (χ3v) is 3.68. The standard InChI is InChI=1S/C15H24N2O3/c1-7-12(4)16-13-10(2)8-17(15(13,5)20-6)14(19)11(3)9-18/h11,18H,2,4,7-9H2,1,3,5-6H3. The zero-order chi connectivity index (χ0) is 15.5. The molecular formula is C15H24N2O3. The Morgan fingerprint density at radius 3 is 2.70 bits per heavy atom. The van der Waals surface area contributed by atoms with Gasteiger partial charge < -0.3 is 14.7 Å². The topological polar surface area (TPSA) is 62.1 Å². The number of amides is 1. The molecule has 5 heteroatoms. The average molecular weight is 280 g/mol. The minimum absolute atomic E-state index is 0.176. The number of carbonyl (C=O) groups is 1. The van der Waals surface area contributed by atoms with Crippen LogP contribution in [0.25, 0.3) is 0 Å². The maximum Gasteiger partial charge on any atom is 0.230 e. The van der Waals surface area contributed by atoms with Crippen LogP contribution in [0.15, 0.2) is 29.4 Å². The molecule has 0 bridgehead atoms. The highest BCUT2D eigenvalue weighted by Crippen LogP contribution is 2.32. The molecule has 0 aromatic heterocycles. The summed E-state index contributed by atoms with van der Waals surface area (Å²) in [5.74, 6) is -0.656. The number of rotatable bonds is 5. The second-order valence-corrected chi connectivity index (χ2v) is 5.18. The lowest BCUT2D eigenvalue weighted by Gasteiger charge is -2.34. The van der Waals surface area contributed by atoms with Gasteiger partial charge in [-0.15, -0.1) is 0 Å². The summed E-state index contributed by atoms with van der Waals surface area (Å²) in [5.41, 5.74) is 1.12. The summed E-state index contributed by atoms with van der Waals surface area (Å²) in [5, 5.41) is 9.17. The Bertz CT molecular complexity index is 456. The van der Waals surface area contributed by atoms with Crippen molar-refractivity contribution in [3.63, 3.8) is 0 Å². The summed E-state index contributed by atoms with van der Waals surface area (Å²) >= 11 is 0. The first-order chi connectivity index (χ1) is 9.31. The van der Waals surface area contributed by atoms with Crippen molar-refractivity contribution in [1.82, 2.24) is 4.90 Å². The summed E-state index contributed by atoms with van der Waals surface area (Å²) in [6.07, 6.45) is 0.720. The number of carbonyl (C=O) groups excluding carboxylic acids is 1. The first kappa shape index (κ1) is 16.6. The second-order valence-electron chi connectivity index (χ2n) is 5.18. The Morgan fingerprint density at radius 2 is 2.25 bits per heavy atom. The number of methoxy groups -OCH3 is 1. The molecule has 0 spiro atoms. The van der Waals surface area contributed by atoms with Crippen molar-refractivity contribution in [2.45, 2.75) is 32.9 Å². The van der Waals surface area contributed by atoms with Gasteiger partial charge in [0.1, 0.15) is 0 Å². The summed E-state index contributed by atoms with van der Waals surface area (Å²) in [6, 6.07) is 0. The van der Waals surface area contributed by atoms with Crippen molar-refractivity contribution in [1.29, 1.82) is 0 Å². The van der Waals surface area contributed by atoms with Gasteiger partial charge in [-0.25, -0.2) is 0 Å². The molecule has 1 fully saturated rings. The third kappa shape index (κ3) is 2.83. The molecule has 0 radical (unpaired) electrons. The summed E-state index contributed by atoms with van der Waals surface area (Å²) in [4.78, 5) is 18.4. The van der Waals surface area contributed by atoms with E-state index in [9.17, 15) is 4.79 Å². The number of ether oxygens (including phenoxy) is 1. The van der Waals surface area contributed by atoms with Gasteiger partial charge >= 0.3 is 0 Å². The van der Waals surface area contributed by atoms with E-state index in [1.54, 1.807) is 18.7 Å². The first-order valence-corrected chi connectivity index (χ1v) is 6.74. The number of allylic oxidation sites excluding steroid dienone is 1. The van der Waals surface area contributed by atoms with Crippen molar-refractivity contribution < 1.29 is 14.6 Å². The highest BCUT2D eigenvalue weighted by Gasteiger charge is 2.48. The van der Waals surface area contributed by atoms with Gasteiger partial charge in [-0.3, -0.25) is 9.79 Å². The van der Waals surface area contributed by atoms with E-state index in [0.717, 1.165) is 12.0 Å². The molecule has 2 unspecified atom stereocenters. The lowest BCUT2D eigenvalue weighted by Crippen LogP contribution is -2.52. The first-order valence-electron chi connectivity index (χ1n) is 6.74. The Hall–Kier alpha value is -1.46. The van der Waals surface area contributed by atoms with Crippen LogP contribution >= 0.6 is 0 Å². The minimum Gasteiger partial charge on any atom is -0.396 e. The lowest BCUT2D eigenvalue weighted by molar-refractivity contribution is -0.151. The maximum atomic E-state index is 12.4. The summed E-state index contributed by atoms with van der Waals surface area (Å²) in [7, 11) is 1.53. The SMILES string of the molecule is C=C(CC)N=C1C(=C)CN(C(=O)C(C)CO)C1(C)OC. The van der Waals surface area contributed by atoms with Crippen LogP contribution in [0, 0.1) is 5.92 Å². The molecule has 1 aliphatic heterocycles. The van der Waals surface area contributed by atoms with E-state index in [0.29, 0.717) is 18.0 Å². The number of nitrogens with zero attached hydrogens (tertiary/aromatic N) is 2. The van der Waals surface area contributed by atoms with Gasteiger partial charge in [-0.05, 0) is 18.9 Å². The van der Waals surface area contributed by atoms with Crippen LogP contribution in [-0.2, 0) is 9.53 Å². The highest BCUT2D eigenvalue weighted by molar-refractivity contribution is 6.11. The van der Waals surface area contributed by atoms with Gasteiger partial charge in [0.25, 0.3) is 0 Å². The number of likely N-dealkylation sites (tertiary alicyclic amines) is 1. The molecule has 20 heavy (non-hydrogen) atoms. The van der Waals surface area contributed by atoms with E-state index < -0.39 is 11.6 Å². The molecule has 2 atom stereocenters. The van der Waals surface area contributed by atoms with E-state index in [1.165, 1.54) is 7.11 Å². The third-order valence-electron chi connectivity index (χ3n) is 3.68. The molecule has 1 rings (SSSR count). The molecule has 1 aliphatic rings. The van der Waals surface area contributed by atoms with Crippen LogP contribution < -0.4 is 0 Å². The zero-order valence-electron chi connectivity index (χ0n) is 12.8. The van der Waals surface area contributed by atoms with Gasteiger partial charge in [0.05, 0.1) is 24.8 Å². The fraction of sp³-hybridized carbons (Fsp3) is 0.600. The number of hydrogen-bond donors (Lipinski definition) is 1. The molecule has 1 saturated heterocycles. The van der Waals surface area contributed by atoms with Crippen molar-refractivity contribution in [3.8, 4) is 0 Å². The fourth-order valence-corrected chi connectivity index (χ4v) is 2.13. The van der Waals surface area contributed by atoms with Crippen LogP contribution in [0.1, 0.15) is 27.2 Å². The Morgan fingerprint density at radius 1 is 1.65 bits per heavy atom. The maximum absolute atomic E-state index is 12.4. The van der Waals surface area contributed by atoms with Gasteiger partial charge in [0.15, 0.2) is 5.72 Å². The molecule has 1 N–H and O–H groups in total. The van der Waals surface area contributed by atoms with E-state index >= 15 is 0 Å².